The summed E-state index contributed by atoms with van der Waals surface area (Å²) in [5, 5.41) is 6.68. The number of nitrogens with one attached hydrogen (secondary N) is 2. The molecule has 4 heteroatoms. The first-order valence-electron chi connectivity index (χ1n) is 6.56. The van der Waals surface area contributed by atoms with Crippen LogP contribution in [-0.2, 0) is 4.79 Å². The highest BCUT2D eigenvalue weighted by Gasteiger charge is 2.34. The molecule has 4 nitrogen and oxygen atoms in total. The summed E-state index contributed by atoms with van der Waals surface area (Å²) < 4.78 is 0. The minimum absolute atomic E-state index is 0.223. The Morgan fingerprint density at radius 3 is 2.69 bits per heavy atom. The van der Waals surface area contributed by atoms with Gasteiger partial charge in [-0.2, -0.15) is 0 Å². The third-order valence-electron chi connectivity index (χ3n) is 4.37. The monoisotopic (exact) mass is 223 g/mol. The van der Waals surface area contributed by atoms with Gasteiger partial charge in [-0.15, -0.1) is 0 Å². The molecule has 0 radical (unpaired) electrons. The fourth-order valence-electron chi connectivity index (χ4n) is 3.32. The first-order chi connectivity index (χ1) is 7.81. The summed E-state index contributed by atoms with van der Waals surface area (Å²) in [5.41, 5.74) is 0. The molecule has 4 saturated heterocycles. The van der Waals surface area contributed by atoms with Crippen molar-refractivity contribution in [1.29, 1.82) is 0 Å². The molecular formula is C12H21N3O. The molecule has 0 saturated carbocycles. The van der Waals surface area contributed by atoms with Crippen molar-refractivity contribution >= 4 is 5.91 Å². The van der Waals surface area contributed by atoms with Crippen LogP contribution in [-0.4, -0.2) is 49.1 Å². The van der Waals surface area contributed by atoms with E-state index in [0.717, 1.165) is 18.9 Å². The molecule has 2 unspecified atom stereocenters. The van der Waals surface area contributed by atoms with E-state index in [1.54, 1.807) is 0 Å². The zero-order chi connectivity index (χ0) is 11.0. The molecule has 0 spiro atoms. The largest absolute Gasteiger partial charge is 0.352 e. The maximum atomic E-state index is 11.1. The Morgan fingerprint density at radius 1 is 1.31 bits per heavy atom. The molecule has 4 aliphatic heterocycles. The van der Waals surface area contributed by atoms with E-state index in [1.807, 2.05) is 0 Å². The fourth-order valence-corrected chi connectivity index (χ4v) is 3.32. The zero-order valence-electron chi connectivity index (χ0n) is 9.74. The van der Waals surface area contributed by atoms with E-state index in [0.29, 0.717) is 18.5 Å². The number of amides is 1. The van der Waals surface area contributed by atoms with E-state index in [2.05, 4.69) is 15.5 Å². The van der Waals surface area contributed by atoms with Crippen LogP contribution in [0.1, 0.15) is 25.7 Å². The second kappa shape index (κ2) is 4.34. The molecule has 0 aromatic carbocycles. The van der Waals surface area contributed by atoms with E-state index in [-0.39, 0.29) is 5.91 Å². The van der Waals surface area contributed by atoms with Crippen LogP contribution in [0.4, 0.5) is 0 Å². The Balaban J connectivity index is 1.46. The molecule has 4 fully saturated rings. The van der Waals surface area contributed by atoms with Gasteiger partial charge in [-0.1, -0.05) is 0 Å². The summed E-state index contributed by atoms with van der Waals surface area (Å²) in [4.78, 5) is 13.6. The minimum Gasteiger partial charge on any atom is -0.352 e. The van der Waals surface area contributed by atoms with E-state index < -0.39 is 0 Å². The SMILES string of the molecule is O=C1CCC(CNC2CN3CCC2CC3)N1. The van der Waals surface area contributed by atoms with E-state index in [1.165, 1.54) is 32.5 Å². The van der Waals surface area contributed by atoms with Gasteiger partial charge in [0.15, 0.2) is 0 Å². The smallest absolute Gasteiger partial charge is 0.220 e. The summed E-state index contributed by atoms with van der Waals surface area (Å²) in [6, 6.07) is 1.04. The maximum absolute atomic E-state index is 11.1. The van der Waals surface area contributed by atoms with Crippen molar-refractivity contribution in [3.63, 3.8) is 0 Å². The minimum atomic E-state index is 0.223. The molecule has 2 N–H and O–H groups in total. The number of carbonyl (C=O) groups excluding carboxylic acids is 1. The fraction of sp³-hybridized carbons (Fsp3) is 0.917. The average Bonchev–Trinajstić information content (AvgIpc) is 2.74. The summed E-state index contributed by atoms with van der Waals surface area (Å²) in [6.07, 6.45) is 4.43. The number of nitrogens with zero attached hydrogens (tertiary/aromatic N) is 1. The molecule has 0 aliphatic carbocycles. The highest BCUT2D eigenvalue weighted by molar-refractivity contribution is 5.78. The van der Waals surface area contributed by atoms with Crippen molar-refractivity contribution < 1.29 is 4.79 Å². The Morgan fingerprint density at radius 2 is 2.12 bits per heavy atom. The summed E-state index contributed by atoms with van der Waals surface area (Å²) in [5.74, 6) is 1.10. The van der Waals surface area contributed by atoms with Crippen molar-refractivity contribution in [2.75, 3.05) is 26.2 Å². The lowest BCUT2D eigenvalue weighted by atomic mass is 9.84. The Labute approximate surface area is 96.8 Å². The zero-order valence-corrected chi connectivity index (χ0v) is 9.74. The van der Waals surface area contributed by atoms with Gasteiger partial charge >= 0.3 is 0 Å². The van der Waals surface area contributed by atoms with Crippen LogP contribution in [0, 0.1) is 5.92 Å². The number of hydrogen-bond acceptors (Lipinski definition) is 3. The molecule has 2 atom stereocenters. The van der Waals surface area contributed by atoms with Gasteiger partial charge in [0.05, 0.1) is 0 Å². The highest BCUT2D eigenvalue weighted by Crippen LogP contribution is 2.27. The van der Waals surface area contributed by atoms with Crippen molar-refractivity contribution in [3.8, 4) is 0 Å². The molecule has 4 rings (SSSR count). The Hall–Kier alpha value is -0.610. The van der Waals surface area contributed by atoms with Crippen LogP contribution in [0.15, 0.2) is 0 Å². The lowest BCUT2D eigenvalue weighted by Gasteiger charge is -2.45. The van der Waals surface area contributed by atoms with Gasteiger partial charge in [-0.3, -0.25) is 4.79 Å². The maximum Gasteiger partial charge on any atom is 0.220 e. The molecule has 4 aliphatic rings. The van der Waals surface area contributed by atoms with Crippen LogP contribution in [0.2, 0.25) is 0 Å². The molecule has 4 heterocycles. The van der Waals surface area contributed by atoms with Crippen LogP contribution >= 0.6 is 0 Å². The predicted molar refractivity (Wildman–Crippen MR) is 62.1 cm³/mol. The summed E-state index contributed by atoms with van der Waals surface area (Å²) in [7, 11) is 0. The lowest BCUT2D eigenvalue weighted by Crippen LogP contribution is -2.57. The van der Waals surface area contributed by atoms with Crippen LogP contribution in [0.25, 0.3) is 0 Å². The predicted octanol–water partition coefficient (Wildman–Crippen LogP) is -0.0512. The number of piperidine rings is 3. The standard InChI is InChI=1S/C12H21N3O/c16-12-2-1-10(14-12)7-13-11-8-15-5-3-9(11)4-6-15/h9-11,13H,1-8H2,(H,14,16). The summed E-state index contributed by atoms with van der Waals surface area (Å²) in [6.45, 7) is 4.76. The Kier molecular flexibility index (Phi) is 2.86. The van der Waals surface area contributed by atoms with Gasteiger partial charge in [-0.05, 0) is 38.3 Å². The molecule has 0 aromatic heterocycles. The lowest BCUT2D eigenvalue weighted by molar-refractivity contribution is -0.119. The summed E-state index contributed by atoms with van der Waals surface area (Å²) >= 11 is 0. The van der Waals surface area contributed by atoms with Crippen LogP contribution < -0.4 is 10.6 Å². The molecule has 1 amide bonds. The van der Waals surface area contributed by atoms with Gasteiger partial charge in [-0.25, -0.2) is 0 Å². The van der Waals surface area contributed by atoms with Crippen LogP contribution in [0.3, 0.4) is 0 Å². The van der Waals surface area contributed by atoms with Crippen molar-refractivity contribution in [3.05, 3.63) is 0 Å². The highest BCUT2D eigenvalue weighted by atomic mass is 16.1. The quantitative estimate of drug-likeness (QED) is 0.705. The number of fused-ring (bicyclic) bond motifs is 3. The molecular weight excluding hydrogens is 202 g/mol. The van der Waals surface area contributed by atoms with Gasteiger partial charge in [0, 0.05) is 31.6 Å². The van der Waals surface area contributed by atoms with Gasteiger partial charge in [0.25, 0.3) is 0 Å². The van der Waals surface area contributed by atoms with Gasteiger partial charge in [0.2, 0.25) is 5.91 Å². The van der Waals surface area contributed by atoms with E-state index >= 15 is 0 Å². The van der Waals surface area contributed by atoms with Crippen LogP contribution in [0.5, 0.6) is 0 Å². The third-order valence-corrected chi connectivity index (χ3v) is 4.37. The number of rotatable bonds is 3. The van der Waals surface area contributed by atoms with Crippen molar-refractivity contribution in [2.24, 2.45) is 5.92 Å². The number of carbonyl (C=O) groups is 1. The number of hydrogen-bond donors (Lipinski definition) is 2. The van der Waals surface area contributed by atoms with Crippen molar-refractivity contribution in [2.45, 2.75) is 37.8 Å². The normalized spacial score (nSPS) is 42.4. The average molecular weight is 223 g/mol. The van der Waals surface area contributed by atoms with Gasteiger partial charge in [0.1, 0.15) is 0 Å². The van der Waals surface area contributed by atoms with E-state index in [9.17, 15) is 4.79 Å². The van der Waals surface area contributed by atoms with Gasteiger partial charge < -0.3 is 15.5 Å². The first-order valence-corrected chi connectivity index (χ1v) is 6.56. The molecule has 2 bridgehead atoms. The third kappa shape index (κ3) is 2.09. The Bertz CT molecular complexity index is 273. The van der Waals surface area contributed by atoms with Crippen molar-refractivity contribution in [1.82, 2.24) is 15.5 Å². The molecule has 0 aromatic rings. The second-order valence-electron chi connectivity index (χ2n) is 5.46. The first kappa shape index (κ1) is 10.5. The second-order valence-corrected chi connectivity index (χ2v) is 5.46. The van der Waals surface area contributed by atoms with E-state index in [4.69, 9.17) is 0 Å². The molecule has 90 valence electrons. The topological polar surface area (TPSA) is 44.4 Å². The molecule has 16 heavy (non-hydrogen) atoms.